The van der Waals surface area contributed by atoms with Gasteiger partial charge in [-0.2, -0.15) is 0 Å². The monoisotopic (exact) mass is 236 g/mol. The first-order valence-electron chi connectivity index (χ1n) is 4.83. The molecule has 0 saturated heterocycles. The van der Waals surface area contributed by atoms with E-state index in [1.807, 2.05) is 0 Å². The molecule has 0 aromatic heterocycles. The first-order valence-corrected chi connectivity index (χ1v) is 4.83. The maximum absolute atomic E-state index is 13.8. The zero-order valence-corrected chi connectivity index (χ0v) is 8.58. The molecule has 0 amide bonds. The van der Waals surface area contributed by atoms with Crippen LogP contribution in [0.4, 0.5) is 13.2 Å². The number of halogens is 3. The Morgan fingerprint density at radius 2 is 1.59 bits per heavy atom. The first-order chi connectivity index (χ1) is 8.15. The van der Waals surface area contributed by atoms with Gasteiger partial charge in [-0.3, -0.25) is 4.79 Å². The Balaban J connectivity index is 2.77. The van der Waals surface area contributed by atoms with Gasteiger partial charge < -0.3 is 0 Å². The van der Waals surface area contributed by atoms with Gasteiger partial charge in [0.1, 0.15) is 5.82 Å². The van der Waals surface area contributed by atoms with Crippen molar-refractivity contribution in [2.45, 2.75) is 0 Å². The number of carbonyl (C=O) groups is 1. The molecule has 0 unspecified atom stereocenters. The summed E-state index contributed by atoms with van der Waals surface area (Å²) in [5, 5.41) is 0. The highest BCUT2D eigenvalue weighted by Crippen LogP contribution is 2.29. The fourth-order valence-corrected chi connectivity index (χ4v) is 1.57. The highest BCUT2D eigenvalue weighted by Gasteiger charge is 2.19. The lowest BCUT2D eigenvalue weighted by molar-refractivity contribution is 0.111. The Morgan fingerprint density at radius 3 is 2.18 bits per heavy atom. The number of benzene rings is 2. The van der Waals surface area contributed by atoms with Crippen molar-refractivity contribution in [2.75, 3.05) is 0 Å². The second-order valence-electron chi connectivity index (χ2n) is 3.43. The predicted molar refractivity (Wildman–Crippen MR) is 57.1 cm³/mol. The molecular weight excluding hydrogens is 229 g/mol. The summed E-state index contributed by atoms with van der Waals surface area (Å²) in [6.45, 7) is 0. The summed E-state index contributed by atoms with van der Waals surface area (Å²) >= 11 is 0. The van der Waals surface area contributed by atoms with E-state index in [0.29, 0.717) is 6.07 Å². The van der Waals surface area contributed by atoms with E-state index in [2.05, 4.69) is 0 Å². The van der Waals surface area contributed by atoms with E-state index in [9.17, 15) is 18.0 Å². The Bertz CT molecular complexity index is 565. The van der Waals surface area contributed by atoms with Gasteiger partial charge in [0.25, 0.3) is 0 Å². The van der Waals surface area contributed by atoms with Crippen molar-refractivity contribution in [1.29, 1.82) is 0 Å². The Labute approximate surface area is 95.5 Å². The Morgan fingerprint density at radius 1 is 0.941 bits per heavy atom. The lowest BCUT2D eigenvalue weighted by Gasteiger charge is -2.07. The maximum Gasteiger partial charge on any atom is 0.169 e. The van der Waals surface area contributed by atoms with Crippen LogP contribution in [0.5, 0.6) is 0 Å². The molecule has 0 fully saturated rings. The van der Waals surface area contributed by atoms with E-state index in [-0.39, 0.29) is 11.8 Å². The molecule has 2 aromatic carbocycles. The highest BCUT2D eigenvalue weighted by atomic mass is 19.2. The van der Waals surface area contributed by atoms with Crippen LogP contribution in [-0.2, 0) is 0 Å². The molecule has 1 nitrogen and oxygen atoms in total. The molecule has 0 aliphatic rings. The fraction of sp³-hybridized carbons (Fsp3) is 0. The molecule has 2 rings (SSSR count). The van der Waals surface area contributed by atoms with Crippen LogP contribution in [0.15, 0.2) is 36.4 Å². The quantitative estimate of drug-likeness (QED) is 0.575. The minimum Gasteiger partial charge on any atom is -0.298 e. The summed E-state index contributed by atoms with van der Waals surface area (Å²) in [6, 6.07) is 8.23. The van der Waals surface area contributed by atoms with Crippen LogP contribution >= 0.6 is 0 Å². The smallest absolute Gasteiger partial charge is 0.169 e. The van der Waals surface area contributed by atoms with Gasteiger partial charge in [0.15, 0.2) is 17.9 Å². The minimum absolute atomic E-state index is 0.157. The van der Waals surface area contributed by atoms with Crippen molar-refractivity contribution in [3.05, 3.63) is 59.4 Å². The molecule has 0 spiro atoms. The summed E-state index contributed by atoms with van der Waals surface area (Å²) in [5.74, 6) is -3.59. The Hall–Kier alpha value is -2.10. The van der Waals surface area contributed by atoms with Gasteiger partial charge in [-0.05, 0) is 11.6 Å². The molecule has 0 bridgehead atoms. The number of rotatable bonds is 2. The Kier molecular flexibility index (Phi) is 2.95. The van der Waals surface area contributed by atoms with Crippen LogP contribution in [-0.4, -0.2) is 6.29 Å². The van der Waals surface area contributed by atoms with Crippen LogP contribution in [0.1, 0.15) is 10.4 Å². The van der Waals surface area contributed by atoms with Crippen LogP contribution in [0.2, 0.25) is 0 Å². The molecule has 0 atom stereocenters. The molecule has 17 heavy (non-hydrogen) atoms. The summed E-state index contributed by atoms with van der Waals surface area (Å²) in [4.78, 5) is 10.5. The SMILES string of the molecule is O=Cc1cc(F)c(F)c(-c2ccccc2)c1F. The van der Waals surface area contributed by atoms with Crippen LogP contribution < -0.4 is 0 Å². The number of aldehydes is 1. The summed E-state index contributed by atoms with van der Waals surface area (Å²) in [5.41, 5.74) is -0.833. The molecule has 0 saturated carbocycles. The van der Waals surface area contributed by atoms with Crippen molar-refractivity contribution in [3.8, 4) is 11.1 Å². The molecule has 2 aromatic rings. The second kappa shape index (κ2) is 4.41. The summed E-state index contributed by atoms with van der Waals surface area (Å²) in [6.07, 6.45) is 0.157. The molecule has 0 radical (unpaired) electrons. The third-order valence-corrected chi connectivity index (χ3v) is 2.37. The van der Waals surface area contributed by atoms with Gasteiger partial charge >= 0.3 is 0 Å². The van der Waals surface area contributed by atoms with Gasteiger partial charge in [0.2, 0.25) is 0 Å². The van der Waals surface area contributed by atoms with Gasteiger partial charge in [0, 0.05) is 0 Å². The average molecular weight is 236 g/mol. The number of hydrogen-bond acceptors (Lipinski definition) is 1. The normalized spacial score (nSPS) is 10.3. The van der Waals surface area contributed by atoms with Crippen LogP contribution in [0, 0.1) is 17.5 Å². The summed E-state index contributed by atoms with van der Waals surface area (Å²) < 4.78 is 40.5. The molecule has 0 N–H and O–H groups in total. The third-order valence-electron chi connectivity index (χ3n) is 2.37. The van der Waals surface area contributed by atoms with Gasteiger partial charge in [0.05, 0.1) is 11.1 Å². The van der Waals surface area contributed by atoms with Gasteiger partial charge in [-0.15, -0.1) is 0 Å². The molecule has 4 heteroatoms. The fourth-order valence-electron chi connectivity index (χ4n) is 1.57. The van der Waals surface area contributed by atoms with E-state index in [0.717, 1.165) is 0 Å². The van der Waals surface area contributed by atoms with Gasteiger partial charge in [-0.1, -0.05) is 30.3 Å². The predicted octanol–water partition coefficient (Wildman–Crippen LogP) is 3.58. The molecule has 86 valence electrons. The summed E-state index contributed by atoms with van der Waals surface area (Å²) in [7, 11) is 0. The van der Waals surface area contributed by atoms with Crippen molar-refractivity contribution < 1.29 is 18.0 Å². The lowest BCUT2D eigenvalue weighted by Crippen LogP contribution is -1.99. The second-order valence-corrected chi connectivity index (χ2v) is 3.43. The molecule has 0 heterocycles. The third kappa shape index (κ3) is 1.93. The number of carbonyl (C=O) groups excluding carboxylic acids is 1. The molecular formula is C13H7F3O. The van der Waals surface area contributed by atoms with E-state index >= 15 is 0 Å². The van der Waals surface area contributed by atoms with E-state index in [1.165, 1.54) is 12.1 Å². The number of hydrogen-bond donors (Lipinski definition) is 0. The van der Waals surface area contributed by atoms with E-state index in [4.69, 9.17) is 0 Å². The van der Waals surface area contributed by atoms with Crippen molar-refractivity contribution in [3.63, 3.8) is 0 Å². The van der Waals surface area contributed by atoms with Crippen LogP contribution in [0.3, 0.4) is 0 Å². The molecule has 0 aliphatic carbocycles. The van der Waals surface area contributed by atoms with Crippen LogP contribution in [0.25, 0.3) is 11.1 Å². The van der Waals surface area contributed by atoms with E-state index in [1.54, 1.807) is 18.2 Å². The largest absolute Gasteiger partial charge is 0.298 e. The van der Waals surface area contributed by atoms with Gasteiger partial charge in [-0.25, -0.2) is 13.2 Å². The maximum atomic E-state index is 13.8. The van der Waals surface area contributed by atoms with Crippen molar-refractivity contribution in [2.24, 2.45) is 0 Å². The highest BCUT2D eigenvalue weighted by molar-refractivity contribution is 5.80. The first kappa shape index (κ1) is 11.4. The minimum atomic E-state index is -1.29. The molecule has 0 aliphatic heterocycles. The van der Waals surface area contributed by atoms with Crippen molar-refractivity contribution in [1.82, 2.24) is 0 Å². The van der Waals surface area contributed by atoms with E-state index < -0.39 is 28.6 Å². The zero-order chi connectivity index (χ0) is 12.4. The van der Waals surface area contributed by atoms with Crippen molar-refractivity contribution >= 4 is 6.29 Å². The standard InChI is InChI=1S/C13H7F3O/c14-10-6-9(7-17)12(15)11(13(10)16)8-4-2-1-3-5-8/h1-7H. The zero-order valence-electron chi connectivity index (χ0n) is 8.58. The average Bonchev–Trinajstić information content (AvgIpc) is 2.35. The topological polar surface area (TPSA) is 17.1 Å². The lowest BCUT2D eigenvalue weighted by atomic mass is 10.0.